The second-order valence-corrected chi connectivity index (χ2v) is 19.2. The van der Waals surface area contributed by atoms with E-state index in [1.54, 1.807) is 24.3 Å². The van der Waals surface area contributed by atoms with Gasteiger partial charge in [-0.25, -0.2) is 14.0 Å². The van der Waals surface area contributed by atoms with Crippen LogP contribution in [0.25, 0.3) is 0 Å². The summed E-state index contributed by atoms with van der Waals surface area (Å²) in [4.78, 5) is 86.5. The lowest BCUT2D eigenvalue weighted by atomic mass is 9.81. The van der Waals surface area contributed by atoms with E-state index < -0.39 is 75.6 Å². The van der Waals surface area contributed by atoms with E-state index in [0.29, 0.717) is 36.8 Å². The van der Waals surface area contributed by atoms with Gasteiger partial charge in [-0.15, -0.1) is 0 Å². The molecule has 16 heteroatoms. The number of alkyl carbamates (subject to hydrolysis) is 2. The zero-order valence-corrected chi connectivity index (χ0v) is 38.0. The zero-order chi connectivity index (χ0) is 46.9. The SMILES string of the molecule is COC(=O)N[C@H](C(=O)N1CCC[C@@]1(C(N)=O)c1cccc([C@H]2CC[C@H](c3cccc([C@]4(C(N)=O)CCCN4C(=O)[C@@H](NC(=O)OC)C(C)(C)C)c3)N2c2ccc(F)cc2)c1)C(C)(C)C. The molecule has 64 heavy (non-hydrogen) atoms. The standard InChI is InChI=1S/C48H62FN7O8/c1-45(2,3)37(52-43(61)63-7)39(57)54-25-11-23-47(54,41(50)59)31-15-9-13-29(27-31)35-21-22-36(56(35)34-19-17-33(49)18-20-34)30-14-10-16-32(28-30)48(42(51)60)24-12-26-55(48)40(58)38(46(4,5)6)53-44(62)64-8/h9-10,13-20,27-28,35-38H,11-12,21-26H2,1-8H3,(H2,50,59)(H2,51,60)(H,52,61)(H,53,62)/t35-,36-,37-,38-,47+,48+/m1/s1. The fourth-order valence-corrected chi connectivity index (χ4v) is 10.0. The number of halogens is 1. The molecule has 3 aromatic rings. The highest BCUT2D eigenvalue weighted by Gasteiger charge is 2.55. The number of carbonyl (C=O) groups is 6. The molecule has 6 N–H and O–H groups in total. The molecule has 3 fully saturated rings. The number of carbonyl (C=O) groups excluding carboxylic acids is 6. The molecular formula is C48H62FN7O8. The Kier molecular flexibility index (Phi) is 13.4. The van der Waals surface area contributed by atoms with E-state index in [2.05, 4.69) is 15.5 Å². The first-order valence-corrected chi connectivity index (χ1v) is 21.8. The van der Waals surface area contributed by atoms with Crippen LogP contribution in [0, 0.1) is 16.6 Å². The largest absolute Gasteiger partial charge is 0.453 e. The fraction of sp³-hybridized carbons (Fsp3) is 0.500. The summed E-state index contributed by atoms with van der Waals surface area (Å²) in [5.41, 5.74) is 11.5. The van der Waals surface area contributed by atoms with Crippen molar-refractivity contribution in [3.63, 3.8) is 0 Å². The van der Waals surface area contributed by atoms with Crippen LogP contribution < -0.4 is 27.0 Å². The van der Waals surface area contributed by atoms with Gasteiger partial charge in [-0.3, -0.25) is 19.2 Å². The van der Waals surface area contributed by atoms with Gasteiger partial charge in [-0.1, -0.05) is 90.1 Å². The van der Waals surface area contributed by atoms with Gasteiger partial charge in [0.15, 0.2) is 0 Å². The van der Waals surface area contributed by atoms with Crippen LogP contribution in [0.1, 0.15) is 114 Å². The minimum absolute atomic E-state index is 0.236. The van der Waals surface area contributed by atoms with Gasteiger partial charge in [0.05, 0.1) is 26.3 Å². The van der Waals surface area contributed by atoms with Gasteiger partial charge in [-0.05, 0) is 95.9 Å². The fourth-order valence-electron chi connectivity index (χ4n) is 10.0. The summed E-state index contributed by atoms with van der Waals surface area (Å²) in [6, 6.07) is 18.5. The molecule has 15 nitrogen and oxygen atoms in total. The molecule has 0 radical (unpaired) electrons. The Balaban J connectivity index is 1.41. The van der Waals surface area contributed by atoms with E-state index in [0.717, 1.165) is 16.8 Å². The third kappa shape index (κ3) is 8.70. The summed E-state index contributed by atoms with van der Waals surface area (Å²) in [6.07, 6.45) is 1.21. The number of likely N-dealkylation sites (tertiary alicyclic amines) is 2. The first-order valence-electron chi connectivity index (χ1n) is 21.8. The lowest BCUT2D eigenvalue weighted by molar-refractivity contribution is -0.147. The zero-order valence-electron chi connectivity index (χ0n) is 38.0. The molecule has 3 aliphatic heterocycles. The average molecular weight is 884 g/mol. The highest BCUT2D eigenvalue weighted by Crippen LogP contribution is 2.50. The summed E-state index contributed by atoms with van der Waals surface area (Å²) in [7, 11) is 2.43. The van der Waals surface area contributed by atoms with Crippen molar-refractivity contribution in [2.24, 2.45) is 22.3 Å². The highest BCUT2D eigenvalue weighted by molar-refractivity contribution is 5.96. The topological polar surface area (TPSA) is 207 Å². The third-order valence-electron chi connectivity index (χ3n) is 13.2. The minimum Gasteiger partial charge on any atom is -0.453 e. The van der Waals surface area contributed by atoms with Crippen LogP contribution >= 0.6 is 0 Å². The first-order chi connectivity index (χ1) is 30.1. The van der Waals surface area contributed by atoms with E-state index in [1.165, 1.54) is 36.2 Å². The number of methoxy groups -OCH3 is 2. The van der Waals surface area contributed by atoms with Crippen molar-refractivity contribution < 1.29 is 42.6 Å². The molecule has 0 saturated carbocycles. The molecule has 0 spiro atoms. The van der Waals surface area contributed by atoms with Crippen LogP contribution in [0.2, 0.25) is 0 Å². The van der Waals surface area contributed by atoms with Gasteiger partial charge in [0, 0.05) is 18.8 Å². The second-order valence-electron chi connectivity index (χ2n) is 19.2. The summed E-state index contributed by atoms with van der Waals surface area (Å²) < 4.78 is 24.2. The summed E-state index contributed by atoms with van der Waals surface area (Å²) >= 11 is 0. The third-order valence-corrected chi connectivity index (χ3v) is 13.2. The molecule has 0 aliphatic carbocycles. The number of ether oxygens (including phenoxy) is 2. The van der Waals surface area contributed by atoms with Crippen LogP contribution in [0.15, 0.2) is 72.8 Å². The Bertz CT molecular complexity index is 2140. The van der Waals surface area contributed by atoms with Gasteiger partial charge >= 0.3 is 12.2 Å². The van der Waals surface area contributed by atoms with Crippen LogP contribution in [0.3, 0.4) is 0 Å². The number of amides is 6. The molecule has 3 aliphatic rings. The van der Waals surface area contributed by atoms with E-state index in [4.69, 9.17) is 20.9 Å². The van der Waals surface area contributed by atoms with Crippen molar-refractivity contribution in [1.82, 2.24) is 20.4 Å². The maximum Gasteiger partial charge on any atom is 0.407 e. The first kappa shape index (κ1) is 47.3. The van der Waals surface area contributed by atoms with E-state index >= 15 is 0 Å². The molecule has 3 saturated heterocycles. The molecule has 6 atom stereocenters. The highest BCUT2D eigenvalue weighted by atomic mass is 19.1. The van der Waals surface area contributed by atoms with Gasteiger partial charge in [0.2, 0.25) is 23.6 Å². The molecule has 6 rings (SSSR count). The minimum atomic E-state index is -1.52. The van der Waals surface area contributed by atoms with Crippen molar-refractivity contribution in [2.45, 2.75) is 115 Å². The maximum absolute atomic E-state index is 14.5. The number of hydrogen-bond donors (Lipinski definition) is 4. The van der Waals surface area contributed by atoms with Crippen molar-refractivity contribution in [2.75, 3.05) is 32.2 Å². The predicted octanol–water partition coefficient (Wildman–Crippen LogP) is 6.06. The summed E-state index contributed by atoms with van der Waals surface area (Å²) in [5, 5.41) is 5.34. The Morgan fingerprint density at radius 3 is 1.39 bits per heavy atom. The normalized spacial score (nSPS) is 23.3. The monoisotopic (exact) mass is 883 g/mol. The predicted molar refractivity (Wildman–Crippen MR) is 238 cm³/mol. The second kappa shape index (κ2) is 18.1. The Hall–Kier alpha value is -6.19. The van der Waals surface area contributed by atoms with Crippen molar-refractivity contribution in [1.29, 1.82) is 0 Å². The Morgan fingerprint density at radius 1 is 0.656 bits per heavy atom. The summed E-state index contributed by atoms with van der Waals surface area (Å²) in [5.74, 6) is -2.73. The quantitative estimate of drug-likeness (QED) is 0.177. The lowest BCUT2D eigenvalue weighted by Crippen LogP contribution is -2.61. The van der Waals surface area contributed by atoms with Crippen LogP contribution in [-0.2, 0) is 39.7 Å². The number of nitrogens with two attached hydrogens (primary N) is 2. The van der Waals surface area contributed by atoms with Gasteiger partial charge in [0.25, 0.3) is 0 Å². The van der Waals surface area contributed by atoms with Crippen LogP contribution in [-0.4, -0.2) is 85.0 Å². The van der Waals surface area contributed by atoms with Gasteiger partial charge in [0.1, 0.15) is 29.0 Å². The maximum atomic E-state index is 14.5. The van der Waals surface area contributed by atoms with Gasteiger partial charge in [-0.2, -0.15) is 0 Å². The molecule has 0 aromatic heterocycles. The average Bonchev–Trinajstić information content (AvgIpc) is 4.02. The smallest absolute Gasteiger partial charge is 0.407 e. The number of anilines is 1. The molecule has 344 valence electrons. The Labute approximate surface area is 374 Å². The van der Waals surface area contributed by atoms with Gasteiger partial charge < -0.3 is 46.3 Å². The van der Waals surface area contributed by atoms with Crippen molar-refractivity contribution >= 4 is 41.5 Å². The lowest BCUT2D eigenvalue weighted by Gasteiger charge is -2.41. The molecule has 0 unspecified atom stereocenters. The molecule has 3 aromatic carbocycles. The molecule has 3 heterocycles. The Morgan fingerprint density at radius 2 is 1.05 bits per heavy atom. The molecular weight excluding hydrogens is 822 g/mol. The van der Waals surface area contributed by atoms with E-state index in [-0.39, 0.29) is 38.0 Å². The number of primary amides is 2. The van der Waals surface area contributed by atoms with Crippen LogP contribution in [0.4, 0.5) is 19.7 Å². The number of rotatable bonds is 11. The van der Waals surface area contributed by atoms with E-state index in [9.17, 15) is 33.2 Å². The number of hydrogen-bond acceptors (Lipinski definition) is 9. The van der Waals surface area contributed by atoms with Crippen LogP contribution in [0.5, 0.6) is 0 Å². The molecule has 0 bridgehead atoms. The number of nitrogens with one attached hydrogen (secondary N) is 2. The van der Waals surface area contributed by atoms with E-state index in [1.807, 2.05) is 77.9 Å². The van der Waals surface area contributed by atoms with Crippen molar-refractivity contribution in [3.05, 3.63) is 101 Å². The van der Waals surface area contributed by atoms with Crippen molar-refractivity contribution in [3.8, 4) is 0 Å². The number of nitrogens with zero attached hydrogens (tertiary/aromatic N) is 3. The summed E-state index contributed by atoms with van der Waals surface area (Å²) in [6.45, 7) is 11.4. The molecule has 6 amide bonds. The number of benzene rings is 3.